The van der Waals surface area contributed by atoms with Gasteiger partial charge in [0, 0.05) is 38.2 Å². The number of rotatable bonds is 13. The van der Waals surface area contributed by atoms with Crippen LogP contribution in [0, 0.1) is 6.92 Å². The van der Waals surface area contributed by atoms with Gasteiger partial charge in [-0.15, -0.1) is 0 Å². The zero-order chi connectivity index (χ0) is 28.5. The molecule has 1 aliphatic heterocycles. The van der Waals surface area contributed by atoms with Crippen LogP contribution in [0.3, 0.4) is 0 Å². The molecule has 0 radical (unpaired) electrons. The number of carboxylic acids is 1. The number of hydrogen-bond acceptors (Lipinski definition) is 6. The first-order valence-electron chi connectivity index (χ1n) is 13.6. The third-order valence-electron chi connectivity index (χ3n) is 7.26. The maximum Gasteiger partial charge on any atom is 0.326 e. The van der Waals surface area contributed by atoms with Crippen molar-refractivity contribution >= 4 is 23.6 Å². The molecule has 1 saturated heterocycles. The molecule has 3 aromatic carbocycles. The van der Waals surface area contributed by atoms with Gasteiger partial charge in [-0.05, 0) is 71.9 Å². The van der Waals surface area contributed by atoms with E-state index < -0.39 is 12.0 Å². The lowest BCUT2D eigenvalue weighted by molar-refractivity contribution is -0.139. The number of nitrogens with zero attached hydrogens (tertiary/aromatic N) is 1. The molecule has 0 unspecified atom stereocenters. The second-order valence-corrected chi connectivity index (χ2v) is 11.2. The highest BCUT2D eigenvalue weighted by atomic mass is 32.2. The topological polar surface area (TPSA) is 88.1 Å². The van der Waals surface area contributed by atoms with E-state index in [0.29, 0.717) is 30.9 Å². The second-order valence-electron chi connectivity index (χ2n) is 10.2. The van der Waals surface area contributed by atoms with Gasteiger partial charge in [-0.25, -0.2) is 4.79 Å². The summed E-state index contributed by atoms with van der Waals surface area (Å²) in [6.07, 6.45) is 3.20. The first-order valence-corrected chi connectivity index (χ1v) is 14.9. The normalized spacial score (nSPS) is 17.9. The number of nitrogens with one attached hydrogen (secondary N) is 1. The zero-order valence-corrected chi connectivity index (χ0v) is 24.2. The Labute approximate surface area is 240 Å². The zero-order valence-electron chi connectivity index (χ0n) is 23.3. The molecule has 0 saturated carbocycles. The van der Waals surface area contributed by atoms with Gasteiger partial charge < -0.3 is 19.9 Å². The Bertz CT molecular complexity index is 1290. The Morgan fingerprint density at radius 3 is 2.52 bits per heavy atom. The molecule has 212 valence electrons. The Kier molecular flexibility index (Phi) is 10.6. The van der Waals surface area contributed by atoms with Crippen LogP contribution in [0.2, 0.25) is 0 Å². The molecule has 8 heteroatoms. The summed E-state index contributed by atoms with van der Waals surface area (Å²) in [5.41, 5.74) is 4.31. The first kappa shape index (κ1) is 29.6. The number of aliphatic carboxylic acids is 1. The molecule has 3 atom stereocenters. The first-order chi connectivity index (χ1) is 19.4. The van der Waals surface area contributed by atoms with Gasteiger partial charge in [0.05, 0.1) is 6.61 Å². The van der Waals surface area contributed by atoms with Crippen LogP contribution in [0.15, 0.2) is 72.8 Å². The maximum absolute atomic E-state index is 13.4. The summed E-state index contributed by atoms with van der Waals surface area (Å²) >= 11 is 1.56. The van der Waals surface area contributed by atoms with Gasteiger partial charge in [-0.1, -0.05) is 48.5 Å². The van der Waals surface area contributed by atoms with E-state index in [2.05, 4.69) is 16.3 Å². The van der Waals surface area contributed by atoms with Crippen LogP contribution < -0.4 is 10.1 Å². The van der Waals surface area contributed by atoms with Crippen LogP contribution in [0.5, 0.6) is 5.75 Å². The Morgan fingerprint density at radius 2 is 1.82 bits per heavy atom. The lowest BCUT2D eigenvalue weighted by Crippen LogP contribution is -2.41. The number of likely N-dealkylation sites (tertiary alicyclic amines) is 1. The van der Waals surface area contributed by atoms with Gasteiger partial charge in [-0.3, -0.25) is 9.69 Å². The molecule has 1 heterocycles. The molecular formula is C32H38N2O5S. The average Bonchev–Trinajstić information content (AvgIpc) is 3.31. The van der Waals surface area contributed by atoms with Crippen molar-refractivity contribution < 1.29 is 24.2 Å². The van der Waals surface area contributed by atoms with Crippen molar-refractivity contribution in [3.8, 4) is 16.9 Å². The van der Waals surface area contributed by atoms with E-state index >= 15 is 0 Å². The smallest absolute Gasteiger partial charge is 0.326 e. The van der Waals surface area contributed by atoms with Gasteiger partial charge in [0.1, 0.15) is 17.9 Å². The molecule has 0 aliphatic carbocycles. The van der Waals surface area contributed by atoms with Crippen molar-refractivity contribution in [1.29, 1.82) is 0 Å². The molecule has 0 bridgehead atoms. The van der Waals surface area contributed by atoms with Crippen molar-refractivity contribution in [1.82, 2.24) is 10.2 Å². The van der Waals surface area contributed by atoms with E-state index in [-0.39, 0.29) is 18.1 Å². The largest absolute Gasteiger partial charge is 0.489 e. The van der Waals surface area contributed by atoms with E-state index in [1.54, 1.807) is 18.9 Å². The number of benzene rings is 3. The molecule has 3 aromatic rings. The summed E-state index contributed by atoms with van der Waals surface area (Å²) in [7, 11) is 1.72. The monoisotopic (exact) mass is 562 g/mol. The molecule has 1 fully saturated rings. The maximum atomic E-state index is 13.4. The van der Waals surface area contributed by atoms with E-state index in [1.807, 2.05) is 79.9 Å². The molecule has 1 aliphatic rings. The van der Waals surface area contributed by atoms with Gasteiger partial charge >= 0.3 is 5.97 Å². The highest BCUT2D eigenvalue weighted by Gasteiger charge is 2.33. The quantitative estimate of drug-likeness (QED) is 0.294. The number of thioether (sulfide) groups is 1. The highest BCUT2D eigenvalue weighted by molar-refractivity contribution is 7.98. The minimum absolute atomic E-state index is 0.0534. The molecule has 4 rings (SSSR count). The molecule has 0 spiro atoms. The number of para-hydroxylation sites is 1. The number of carboxylic acid groups (broad SMARTS) is 1. The van der Waals surface area contributed by atoms with Crippen molar-refractivity contribution in [2.45, 2.75) is 44.5 Å². The summed E-state index contributed by atoms with van der Waals surface area (Å²) in [5.74, 6) is 0.101. The van der Waals surface area contributed by atoms with Crippen molar-refractivity contribution in [3.63, 3.8) is 0 Å². The van der Waals surface area contributed by atoms with Crippen LogP contribution >= 0.6 is 11.8 Å². The van der Waals surface area contributed by atoms with Gasteiger partial charge in [0.25, 0.3) is 5.91 Å². The second kappa shape index (κ2) is 14.3. The lowest BCUT2D eigenvalue weighted by Gasteiger charge is -2.24. The number of carbonyl (C=O) groups is 2. The molecule has 7 nitrogen and oxygen atoms in total. The Morgan fingerprint density at radius 1 is 1.07 bits per heavy atom. The van der Waals surface area contributed by atoms with E-state index in [9.17, 15) is 14.7 Å². The summed E-state index contributed by atoms with van der Waals surface area (Å²) < 4.78 is 11.8. The van der Waals surface area contributed by atoms with E-state index in [4.69, 9.17) is 9.47 Å². The Balaban J connectivity index is 1.59. The number of methoxy groups -OCH3 is 1. The fraction of sp³-hybridized carbons (Fsp3) is 0.375. The summed E-state index contributed by atoms with van der Waals surface area (Å²) in [6.45, 7) is 4.06. The minimum atomic E-state index is -1.03. The van der Waals surface area contributed by atoms with Gasteiger partial charge in [0.15, 0.2) is 0 Å². The predicted octanol–water partition coefficient (Wildman–Crippen LogP) is 5.27. The lowest BCUT2D eigenvalue weighted by atomic mass is 9.93. The number of hydrogen-bond donors (Lipinski definition) is 2. The van der Waals surface area contributed by atoms with Crippen LogP contribution in [0.25, 0.3) is 11.1 Å². The number of amides is 1. The fourth-order valence-corrected chi connectivity index (χ4v) is 5.69. The molecular weight excluding hydrogens is 524 g/mol. The number of ether oxygens (including phenoxy) is 2. The van der Waals surface area contributed by atoms with Crippen LogP contribution in [-0.2, 0) is 16.1 Å². The molecule has 1 amide bonds. The summed E-state index contributed by atoms with van der Waals surface area (Å²) in [4.78, 5) is 27.6. The van der Waals surface area contributed by atoms with Crippen molar-refractivity contribution in [2.75, 3.05) is 32.3 Å². The van der Waals surface area contributed by atoms with Crippen molar-refractivity contribution in [2.24, 2.45) is 0 Å². The minimum Gasteiger partial charge on any atom is -0.489 e. The molecule has 0 aromatic heterocycles. The molecule has 40 heavy (non-hydrogen) atoms. The van der Waals surface area contributed by atoms with Gasteiger partial charge in [0.2, 0.25) is 0 Å². The van der Waals surface area contributed by atoms with E-state index in [0.717, 1.165) is 41.0 Å². The summed E-state index contributed by atoms with van der Waals surface area (Å²) in [6, 6.07) is 22.9. The van der Waals surface area contributed by atoms with Crippen LogP contribution in [-0.4, -0.2) is 72.3 Å². The third-order valence-corrected chi connectivity index (χ3v) is 7.90. The Hall–Kier alpha value is -3.33. The number of aryl methyl sites for hydroxylation is 1. The predicted molar refractivity (Wildman–Crippen MR) is 160 cm³/mol. The highest BCUT2D eigenvalue weighted by Crippen LogP contribution is 2.31. The average molecular weight is 563 g/mol. The SMILES string of the molecule is COC[C@@H]1C[C@@H](Oc2ccccc2)CN1Cc1ccc(C(=O)N[C@@H](CCSC)C(=O)O)c(-c2ccccc2C)c1. The van der Waals surface area contributed by atoms with E-state index in [1.165, 1.54) is 0 Å². The molecule has 2 N–H and O–H groups in total. The third kappa shape index (κ3) is 7.65. The van der Waals surface area contributed by atoms with Crippen LogP contribution in [0.4, 0.5) is 0 Å². The van der Waals surface area contributed by atoms with Crippen LogP contribution in [0.1, 0.15) is 34.3 Å². The number of carbonyl (C=O) groups excluding carboxylic acids is 1. The standard InChI is InChI=1S/C32H38N2O5S/c1-22-9-7-8-12-27(22)29-17-23(13-14-28(29)31(35)33-30(32(36)37)15-16-40-3)19-34-20-26(18-24(34)21-38-2)39-25-10-5-4-6-11-25/h4-14,17,24,26,30H,15-16,18-21H2,1-3H3,(H,33,35)(H,36,37)/t24-,26+,30-/m0/s1. The fourth-order valence-electron chi connectivity index (χ4n) is 5.22. The van der Waals surface area contributed by atoms with Crippen molar-refractivity contribution in [3.05, 3.63) is 89.5 Å². The van der Waals surface area contributed by atoms with Gasteiger partial charge in [-0.2, -0.15) is 11.8 Å². The summed E-state index contributed by atoms with van der Waals surface area (Å²) in [5, 5.41) is 12.4.